The zero-order chi connectivity index (χ0) is 18.3. The van der Waals surface area contributed by atoms with E-state index in [1.165, 1.54) is 0 Å². The zero-order valence-electron chi connectivity index (χ0n) is 14.8. The molecule has 0 saturated carbocycles. The maximum absolute atomic E-state index is 12.9. The highest BCUT2D eigenvalue weighted by Crippen LogP contribution is 2.49. The summed E-state index contributed by atoms with van der Waals surface area (Å²) in [4.78, 5) is 14.7. The molecule has 1 aliphatic heterocycles. The molecule has 1 N–H and O–H groups in total. The maximum Gasteiger partial charge on any atom is 0.241 e. The molecule has 0 radical (unpaired) electrons. The monoisotopic (exact) mass is 375 g/mol. The number of phenols is 1. The van der Waals surface area contributed by atoms with E-state index in [-0.39, 0.29) is 28.2 Å². The van der Waals surface area contributed by atoms with Crippen LogP contribution in [0.4, 0.5) is 5.69 Å². The predicted molar refractivity (Wildman–Crippen MR) is 106 cm³/mol. The number of halogens is 1. The van der Waals surface area contributed by atoms with Gasteiger partial charge >= 0.3 is 0 Å². The minimum absolute atomic E-state index is 0.0680. The quantitative estimate of drug-likeness (QED) is 0.754. The standard InChI is InChI=1S/C20H22ClNO2S/c1-11(2)15-10-17(12(3)9-18(15)23)22-19(24)13(4)25-20(22)14-7-5-6-8-16(14)21/h5-11,13,20,23H,1-4H3. The number of hydrogen-bond acceptors (Lipinski definition) is 3. The molecule has 1 saturated heterocycles. The van der Waals surface area contributed by atoms with Gasteiger partial charge in [-0.15, -0.1) is 11.8 Å². The molecule has 0 bridgehead atoms. The number of anilines is 1. The summed E-state index contributed by atoms with van der Waals surface area (Å²) in [5.41, 5.74) is 3.50. The first-order chi connectivity index (χ1) is 11.8. The highest BCUT2D eigenvalue weighted by Gasteiger charge is 2.41. The Kier molecular flexibility index (Phi) is 5.03. The summed E-state index contributed by atoms with van der Waals surface area (Å²) in [6.45, 7) is 7.91. The average Bonchev–Trinajstić information content (AvgIpc) is 2.83. The first-order valence-electron chi connectivity index (χ1n) is 8.37. The third-order valence-electron chi connectivity index (χ3n) is 4.55. The van der Waals surface area contributed by atoms with E-state index >= 15 is 0 Å². The molecule has 1 fully saturated rings. The Labute approximate surface area is 158 Å². The lowest BCUT2D eigenvalue weighted by atomic mass is 9.98. The summed E-state index contributed by atoms with van der Waals surface area (Å²) in [6.07, 6.45) is 0. The molecule has 1 heterocycles. The highest BCUT2D eigenvalue weighted by molar-refractivity contribution is 8.01. The molecular weight excluding hydrogens is 354 g/mol. The largest absolute Gasteiger partial charge is 0.508 e. The number of thioether (sulfide) groups is 1. The number of hydrogen-bond donors (Lipinski definition) is 1. The fourth-order valence-corrected chi connectivity index (χ4v) is 4.79. The predicted octanol–water partition coefficient (Wildman–Crippen LogP) is 5.64. The molecule has 0 aromatic heterocycles. The van der Waals surface area contributed by atoms with Crippen molar-refractivity contribution in [1.29, 1.82) is 0 Å². The van der Waals surface area contributed by atoms with Gasteiger partial charge in [0.1, 0.15) is 11.1 Å². The van der Waals surface area contributed by atoms with Gasteiger partial charge in [-0.25, -0.2) is 0 Å². The van der Waals surface area contributed by atoms with Crippen molar-refractivity contribution in [3.8, 4) is 5.75 Å². The number of amides is 1. The summed E-state index contributed by atoms with van der Waals surface area (Å²) in [5.74, 6) is 0.511. The molecule has 3 nitrogen and oxygen atoms in total. The number of phenolic OH excluding ortho intramolecular Hbond substituents is 1. The van der Waals surface area contributed by atoms with Crippen LogP contribution in [0.15, 0.2) is 36.4 Å². The SMILES string of the molecule is Cc1cc(O)c(C(C)C)cc1N1C(=O)C(C)SC1c1ccccc1Cl. The lowest BCUT2D eigenvalue weighted by Gasteiger charge is -2.27. The van der Waals surface area contributed by atoms with E-state index in [1.54, 1.807) is 17.8 Å². The number of rotatable bonds is 3. The fourth-order valence-electron chi connectivity index (χ4n) is 3.18. The van der Waals surface area contributed by atoms with E-state index in [4.69, 9.17) is 11.6 Å². The molecule has 1 amide bonds. The molecule has 2 aromatic rings. The van der Waals surface area contributed by atoms with Crippen LogP contribution >= 0.6 is 23.4 Å². The summed E-state index contributed by atoms with van der Waals surface area (Å²) in [7, 11) is 0. The molecular formula is C20H22ClNO2S. The van der Waals surface area contributed by atoms with Gasteiger partial charge in [-0.2, -0.15) is 0 Å². The Morgan fingerprint density at radius 3 is 2.56 bits per heavy atom. The van der Waals surface area contributed by atoms with Crippen molar-refractivity contribution >= 4 is 35.0 Å². The van der Waals surface area contributed by atoms with Gasteiger partial charge in [-0.05, 0) is 49.1 Å². The van der Waals surface area contributed by atoms with Crippen LogP contribution in [-0.4, -0.2) is 16.3 Å². The van der Waals surface area contributed by atoms with Crippen LogP contribution in [0, 0.1) is 6.92 Å². The number of benzene rings is 2. The van der Waals surface area contributed by atoms with Gasteiger partial charge in [0.25, 0.3) is 0 Å². The van der Waals surface area contributed by atoms with Crippen LogP contribution < -0.4 is 4.90 Å². The number of aryl methyl sites for hydroxylation is 1. The van der Waals surface area contributed by atoms with Crippen molar-refractivity contribution in [3.63, 3.8) is 0 Å². The molecule has 0 spiro atoms. The van der Waals surface area contributed by atoms with Crippen LogP contribution in [0.5, 0.6) is 5.75 Å². The van der Waals surface area contributed by atoms with Crippen molar-refractivity contribution in [1.82, 2.24) is 0 Å². The lowest BCUT2D eigenvalue weighted by Crippen LogP contribution is -2.31. The van der Waals surface area contributed by atoms with E-state index < -0.39 is 0 Å². The van der Waals surface area contributed by atoms with Gasteiger partial charge in [0, 0.05) is 16.3 Å². The average molecular weight is 376 g/mol. The summed E-state index contributed by atoms with van der Waals surface area (Å²) < 4.78 is 0. The van der Waals surface area contributed by atoms with E-state index in [9.17, 15) is 9.90 Å². The van der Waals surface area contributed by atoms with Crippen molar-refractivity contribution < 1.29 is 9.90 Å². The number of nitrogens with zero attached hydrogens (tertiary/aromatic N) is 1. The van der Waals surface area contributed by atoms with Gasteiger partial charge in [-0.3, -0.25) is 9.69 Å². The third-order valence-corrected chi connectivity index (χ3v) is 6.23. The number of carbonyl (C=O) groups excluding carboxylic acids is 1. The van der Waals surface area contributed by atoms with Crippen LogP contribution in [0.3, 0.4) is 0 Å². The van der Waals surface area contributed by atoms with E-state index in [1.807, 2.05) is 62.9 Å². The lowest BCUT2D eigenvalue weighted by molar-refractivity contribution is -0.117. The molecule has 2 atom stereocenters. The molecule has 2 unspecified atom stereocenters. The topological polar surface area (TPSA) is 40.5 Å². The number of aromatic hydroxyl groups is 1. The molecule has 25 heavy (non-hydrogen) atoms. The van der Waals surface area contributed by atoms with Crippen molar-refractivity contribution in [2.45, 2.75) is 44.2 Å². The molecule has 1 aliphatic rings. The van der Waals surface area contributed by atoms with Crippen molar-refractivity contribution in [3.05, 3.63) is 58.1 Å². The smallest absolute Gasteiger partial charge is 0.241 e. The summed E-state index contributed by atoms with van der Waals surface area (Å²) in [5, 5.41) is 10.6. The van der Waals surface area contributed by atoms with Gasteiger partial charge in [-0.1, -0.05) is 43.6 Å². The Hall–Kier alpha value is -1.65. The van der Waals surface area contributed by atoms with Crippen LogP contribution in [0.1, 0.15) is 48.8 Å². The Bertz CT molecular complexity index is 821. The Morgan fingerprint density at radius 2 is 1.92 bits per heavy atom. The van der Waals surface area contributed by atoms with Gasteiger partial charge in [0.2, 0.25) is 5.91 Å². The zero-order valence-corrected chi connectivity index (χ0v) is 16.4. The maximum atomic E-state index is 12.9. The van der Waals surface area contributed by atoms with Crippen LogP contribution in [-0.2, 0) is 4.79 Å². The van der Waals surface area contributed by atoms with Gasteiger partial charge in [0.15, 0.2) is 0 Å². The molecule has 132 valence electrons. The van der Waals surface area contributed by atoms with E-state index in [0.717, 1.165) is 22.4 Å². The van der Waals surface area contributed by atoms with E-state index in [2.05, 4.69) is 0 Å². The second kappa shape index (κ2) is 6.93. The first-order valence-corrected chi connectivity index (χ1v) is 9.69. The van der Waals surface area contributed by atoms with E-state index in [0.29, 0.717) is 5.02 Å². The normalized spacial score (nSPS) is 20.6. The highest BCUT2D eigenvalue weighted by atomic mass is 35.5. The van der Waals surface area contributed by atoms with Crippen LogP contribution in [0.2, 0.25) is 5.02 Å². The molecule has 5 heteroatoms. The second-order valence-corrected chi connectivity index (χ2v) is 8.55. The summed E-state index contributed by atoms with van der Waals surface area (Å²) >= 11 is 8.01. The third kappa shape index (κ3) is 3.25. The second-order valence-electron chi connectivity index (χ2n) is 6.71. The van der Waals surface area contributed by atoms with Crippen molar-refractivity contribution in [2.24, 2.45) is 0 Å². The minimum atomic E-state index is -0.167. The molecule has 3 rings (SSSR count). The van der Waals surface area contributed by atoms with Crippen molar-refractivity contribution in [2.75, 3.05) is 4.90 Å². The minimum Gasteiger partial charge on any atom is -0.508 e. The molecule has 2 aromatic carbocycles. The van der Waals surface area contributed by atoms with Crippen LogP contribution in [0.25, 0.3) is 0 Å². The Balaban J connectivity index is 2.14. The summed E-state index contributed by atoms with van der Waals surface area (Å²) in [6, 6.07) is 11.3. The fraction of sp³-hybridized carbons (Fsp3) is 0.350. The Morgan fingerprint density at radius 1 is 1.24 bits per heavy atom. The molecule has 0 aliphatic carbocycles. The van der Waals surface area contributed by atoms with Gasteiger partial charge < -0.3 is 5.11 Å². The van der Waals surface area contributed by atoms with Gasteiger partial charge in [0.05, 0.1) is 5.25 Å². The number of carbonyl (C=O) groups is 1. The first kappa shape index (κ1) is 18.2.